The average Bonchev–Trinajstić information content (AvgIpc) is 2.85. The van der Waals surface area contributed by atoms with Crippen LogP contribution >= 0.6 is 15.9 Å². The first-order valence-corrected chi connectivity index (χ1v) is 7.51. The molecule has 1 unspecified atom stereocenters. The van der Waals surface area contributed by atoms with Crippen molar-refractivity contribution in [2.75, 3.05) is 20.2 Å². The fourth-order valence-corrected chi connectivity index (χ4v) is 2.98. The number of amidine groups is 1. The molecule has 2 rings (SSSR count). The topological polar surface area (TPSA) is 71.1 Å². The van der Waals surface area contributed by atoms with Gasteiger partial charge in [0.15, 0.2) is 5.84 Å². The summed E-state index contributed by atoms with van der Waals surface area (Å²) in [6, 6.07) is 6.02. The van der Waals surface area contributed by atoms with E-state index in [1.165, 1.54) is 19.4 Å². The molecule has 1 aromatic rings. The average molecular weight is 342 g/mol. The van der Waals surface area contributed by atoms with Gasteiger partial charge >= 0.3 is 0 Å². The molecule has 0 aliphatic carbocycles. The minimum absolute atomic E-state index is 0.0878. The summed E-state index contributed by atoms with van der Waals surface area (Å²) in [5.74, 6) is 0.866. The van der Waals surface area contributed by atoms with Crippen LogP contribution in [0.5, 0.6) is 5.75 Å². The molecule has 20 heavy (non-hydrogen) atoms. The van der Waals surface area contributed by atoms with Gasteiger partial charge in [-0.05, 0) is 67.0 Å². The second kappa shape index (κ2) is 6.95. The van der Waals surface area contributed by atoms with Crippen molar-refractivity contribution in [2.45, 2.75) is 25.3 Å². The molecule has 0 amide bonds. The maximum Gasteiger partial charge on any atom is 0.170 e. The van der Waals surface area contributed by atoms with E-state index in [0.717, 1.165) is 16.6 Å². The summed E-state index contributed by atoms with van der Waals surface area (Å²) in [6.45, 7) is 1.87. The number of likely N-dealkylation sites (tertiary alicyclic amines) is 1. The van der Waals surface area contributed by atoms with Gasteiger partial charge < -0.3 is 20.6 Å². The Morgan fingerprint density at radius 3 is 3.00 bits per heavy atom. The minimum atomic E-state index is 0.0878. The molecule has 5 nitrogen and oxygen atoms in total. The van der Waals surface area contributed by atoms with Gasteiger partial charge in [0.2, 0.25) is 0 Å². The van der Waals surface area contributed by atoms with Crippen molar-refractivity contribution >= 4 is 21.8 Å². The Hall–Kier alpha value is -1.27. The summed E-state index contributed by atoms with van der Waals surface area (Å²) < 4.78 is 6.61. The lowest BCUT2D eigenvalue weighted by Crippen LogP contribution is -2.26. The fraction of sp³-hybridized carbons (Fsp3) is 0.500. The smallest absolute Gasteiger partial charge is 0.170 e. The van der Waals surface area contributed by atoms with E-state index >= 15 is 0 Å². The molecule has 1 atom stereocenters. The van der Waals surface area contributed by atoms with Crippen molar-refractivity contribution in [1.82, 2.24) is 4.90 Å². The highest BCUT2D eigenvalue weighted by Crippen LogP contribution is 2.27. The Balaban J connectivity index is 1.90. The maximum atomic E-state index is 8.65. The third kappa shape index (κ3) is 3.64. The Kier molecular flexibility index (Phi) is 5.25. The van der Waals surface area contributed by atoms with Crippen molar-refractivity contribution in [2.24, 2.45) is 10.9 Å². The molecule has 3 N–H and O–H groups in total. The highest BCUT2D eigenvalue weighted by molar-refractivity contribution is 9.10. The molecule has 1 saturated heterocycles. The first-order chi connectivity index (χ1) is 9.61. The van der Waals surface area contributed by atoms with E-state index in [2.05, 4.69) is 33.0 Å². The summed E-state index contributed by atoms with van der Waals surface area (Å²) in [5.41, 5.74) is 6.20. The number of nitrogens with zero attached hydrogens (tertiary/aromatic N) is 2. The fourth-order valence-electron chi connectivity index (χ4n) is 2.48. The Morgan fingerprint density at radius 2 is 2.40 bits per heavy atom. The molecule has 0 aromatic heterocycles. The molecule has 1 aliphatic heterocycles. The van der Waals surface area contributed by atoms with Crippen LogP contribution in [0.25, 0.3) is 0 Å². The zero-order valence-corrected chi connectivity index (χ0v) is 13.1. The predicted octanol–water partition coefficient (Wildman–Crippen LogP) is 2.41. The van der Waals surface area contributed by atoms with Crippen LogP contribution in [-0.2, 0) is 0 Å². The Bertz CT molecular complexity index is 493. The van der Waals surface area contributed by atoms with Gasteiger partial charge in [0.1, 0.15) is 5.75 Å². The van der Waals surface area contributed by atoms with Gasteiger partial charge in [-0.2, -0.15) is 0 Å². The summed E-state index contributed by atoms with van der Waals surface area (Å²) in [5, 5.41) is 11.6. The van der Waals surface area contributed by atoms with Crippen LogP contribution in [-0.4, -0.2) is 42.2 Å². The molecular weight excluding hydrogens is 322 g/mol. The first kappa shape index (κ1) is 15.1. The second-order valence-corrected chi connectivity index (χ2v) is 5.90. The number of rotatable bonds is 5. The van der Waals surface area contributed by atoms with Crippen LogP contribution in [0.4, 0.5) is 0 Å². The standard InChI is InChI=1S/C14H20BrN3O2/c1-18-7-2-3-11(18)6-8-20-13-5-4-10(9-12(13)15)14(16)17-19/h4-5,9,11,19H,2-3,6-8H2,1H3,(H2,16,17). The summed E-state index contributed by atoms with van der Waals surface area (Å²) in [4.78, 5) is 2.39. The van der Waals surface area contributed by atoms with E-state index in [9.17, 15) is 0 Å². The number of benzene rings is 1. The number of hydrogen-bond donors (Lipinski definition) is 2. The number of ether oxygens (including phenoxy) is 1. The minimum Gasteiger partial charge on any atom is -0.492 e. The third-order valence-electron chi connectivity index (χ3n) is 3.72. The van der Waals surface area contributed by atoms with Crippen LogP contribution in [0.1, 0.15) is 24.8 Å². The lowest BCUT2D eigenvalue weighted by Gasteiger charge is -2.19. The molecular formula is C14H20BrN3O2. The van der Waals surface area contributed by atoms with E-state index in [-0.39, 0.29) is 5.84 Å². The highest BCUT2D eigenvalue weighted by atomic mass is 79.9. The van der Waals surface area contributed by atoms with E-state index in [0.29, 0.717) is 18.2 Å². The largest absolute Gasteiger partial charge is 0.492 e. The van der Waals surface area contributed by atoms with Crippen LogP contribution < -0.4 is 10.5 Å². The lowest BCUT2D eigenvalue weighted by atomic mass is 10.1. The molecule has 1 aromatic carbocycles. The van der Waals surface area contributed by atoms with Crippen LogP contribution in [0.2, 0.25) is 0 Å². The van der Waals surface area contributed by atoms with E-state index in [1.54, 1.807) is 12.1 Å². The zero-order chi connectivity index (χ0) is 14.5. The molecule has 6 heteroatoms. The van der Waals surface area contributed by atoms with Gasteiger partial charge in [-0.3, -0.25) is 0 Å². The summed E-state index contributed by atoms with van der Waals surface area (Å²) >= 11 is 3.44. The molecule has 1 fully saturated rings. The third-order valence-corrected chi connectivity index (χ3v) is 4.34. The quantitative estimate of drug-likeness (QED) is 0.373. The van der Waals surface area contributed by atoms with Crippen molar-refractivity contribution in [1.29, 1.82) is 0 Å². The summed E-state index contributed by atoms with van der Waals surface area (Å²) in [7, 11) is 2.17. The first-order valence-electron chi connectivity index (χ1n) is 6.72. The van der Waals surface area contributed by atoms with Crippen LogP contribution in [0.15, 0.2) is 27.8 Å². The lowest BCUT2D eigenvalue weighted by molar-refractivity contribution is 0.232. The molecule has 110 valence electrons. The molecule has 0 radical (unpaired) electrons. The summed E-state index contributed by atoms with van der Waals surface area (Å²) in [6.07, 6.45) is 3.56. The molecule has 1 heterocycles. The number of hydrogen-bond acceptors (Lipinski definition) is 4. The SMILES string of the molecule is CN1CCCC1CCOc1ccc(/C(N)=N/O)cc1Br. The normalized spacial score (nSPS) is 20.3. The van der Waals surface area contributed by atoms with Gasteiger partial charge in [-0.25, -0.2) is 0 Å². The molecule has 0 bridgehead atoms. The monoisotopic (exact) mass is 341 g/mol. The zero-order valence-electron chi connectivity index (χ0n) is 11.6. The number of oxime groups is 1. The van der Waals surface area contributed by atoms with Gasteiger partial charge in [0, 0.05) is 11.6 Å². The highest BCUT2D eigenvalue weighted by Gasteiger charge is 2.20. The van der Waals surface area contributed by atoms with Gasteiger partial charge in [-0.1, -0.05) is 5.16 Å². The Labute approximate surface area is 127 Å². The van der Waals surface area contributed by atoms with Crippen molar-refractivity contribution in [3.05, 3.63) is 28.2 Å². The van der Waals surface area contributed by atoms with Gasteiger partial charge in [0.05, 0.1) is 11.1 Å². The number of halogens is 1. The maximum absolute atomic E-state index is 8.65. The van der Waals surface area contributed by atoms with Crippen LogP contribution in [0, 0.1) is 0 Å². The molecule has 0 spiro atoms. The van der Waals surface area contributed by atoms with Gasteiger partial charge in [-0.15, -0.1) is 0 Å². The molecule has 1 aliphatic rings. The van der Waals surface area contributed by atoms with E-state index in [1.807, 2.05) is 6.07 Å². The van der Waals surface area contributed by atoms with E-state index < -0.39 is 0 Å². The second-order valence-electron chi connectivity index (χ2n) is 5.04. The van der Waals surface area contributed by atoms with E-state index in [4.69, 9.17) is 15.7 Å². The Morgan fingerprint density at radius 1 is 1.60 bits per heavy atom. The predicted molar refractivity (Wildman–Crippen MR) is 82.4 cm³/mol. The van der Waals surface area contributed by atoms with Crippen molar-refractivity contribution < 1.29 is 9.94 Å². The van der Waals surface area contributed by atoms with Crippen LogP contribution in [0.3, 0.4) is 0 Å². The number of nitrogens with two attached hydrogens (primary N) is 1. The van der Waals surface area contributed by atoms with Crippen molar-refractivity contribution in [3.8, 4) is 5.75 Å². The van der Waals surface area contributed by atoms with Crippen molar-refractivity contribution in [3.63, 3.8) is 0 Å². The molecule has 0 saturated carbocycles. The van der Waals surface area contributed by atoms with Gasteiger partial charge in [0.25, 0.3) is 0 Å².